The van der Waals surface area contributed by atoms with Crippen LogP contribution in [0.4, 0.5) is 0 Å². The highest BCUT2D eigenvalue weighted by Gasteiger charge is 2.30. The molecule has 0 radical (unpaired) electrons. The van der Waals surface area contributed by atoms with Gasteiger partial charge in [0, 0.05) is 60.0 Å². The number of rotatable bonds is 5. The van der Waals surface area contributed by atoms with E-state index in [-0.39, 0.29) is 0 Å². The lowest BCUT2D eigenvalue weighted by atomic mass is 9.93. The molecule has 0 fully saturated rings. The maximum Gasteiger partial charge on any atom is 0.101 e. The monoisotopic (exact) mass is 864 g/mol. The molecule has 0 saturated carbocycles. The summed E-state index contributed by atoms with van der Waals surface area (Å²) in [5.74, 6) is 0. The van der Waals surface area contributed by atoms with Crippen molar-refractivity contribution in [2.45, 2.75) is 0 Å². The van der Waals surface area contributed by atoms with Gasteiger partial charge < -0.3 is 18.3 Å². The third-order valence-corrected chi connectivity index (χ3v) is 14.0. The van der Waals surface area contributed by atoms with Gasteiger partial charge in [0.1, 0.15) is 6.07 Å². The minimum Gasteiger partial charge on any atom is -0.309 e. The SMILES string of the molecule is N#Cc1cc(C#N)c(-n2c3ccccc3c3c2ccc2c4ccccc4n(-c4ccccc4)c23)c(-n2c3ccccc3c3c2ccc2c4ccccc4n(-c4ccccc4)c23)c1-c1ccccc1. The minimum absolute atomic E-state index is 0.396. The molecule has 0 aliphatic rings. The fraction of sp³-hybridized carbons (Fsp3) is 0. The van der Waals surface area contributed by atoms with Crippen molar-refractivity contribution in [1.82, 2.24) is 18.3 Å². The Balaban J connectivity index is 1.22. The van der Waals surface area contributed by atoms with E-state index in [0.29, 0.717) is 16.8 Å². The van der Waals surface area contributed by atoms with Crippen molar-refractivity contribution in [3.8, 4) is 46.0 Å². The number of aromatic nitrogens is 4. The number of para-hydroxylation sites is 6. The fourth-order valence-corrected chi connectivity index (χ4v) is 11.4. The first-order valence-corrected chi connectivity index (χ1v) is 22.8. The van der Waals surface area contributed by atoms with Gasteiger partial charge in [-0.1, -0.05) is 152 Å². The Bertz CT molecular complexity index is 4500. The van der Waals surface area contributed by atoms with Crippen LogP contribution in [0.25, 0.3) is 121 Å². The van der Waals surface area contributed by atoms with Gasteiger partial charge in [0.2, 0.25) is 0 Å². The molecule has 68 heavy (non-hydrogen) atoms. The Morgan fingerprint density at radius 1 is 0.294 bits per heavy atom. The summed E-state index contributed by atoms with van der Waals surface area (Å²) in [4.78, 5) is 0. The van der Waals surface area contributed by atoms with Crippen molar-refractivity contribution in [1.29, 1.82) is 10.5 Å². The minimum atomic E-state index is 0.396. The topological polar surface area (TPSA) is 67.3 Å². The highest BCUT2D eigenvalue weighted by atomic mass is 15.1. The zero-order chi connectivity index (χ0) is 45.0. The van der Waals surface area contributed by atoms with Crippen molar-refractivity contribution >= 4 is 87.2 Å². The first-order valence-electron chi connectivity index (χ1n) is 22.8. The van der Waals surface area contributed by atoms with Gasteiger partial charge in [-0.05, 0) is 72.3 Å². The number of hydrogen-bond acceptors (Lipinski definition) is 2. The summed E-state index contributed by atoms with van der Waals surface area (Å²) in [6.07, 6.45) is 0. The van der Waals surface area contributed by atoms with Crippen LogP contribution in [0.2, 0.25) is 0 Å². The largest absolute Gasteiger partial charge is 0.309 e. The third-order valence-electron chi connectivity index (χ3n) is 14.0. The second kappa shape index (κ2) is 14.4. The second-order valence-corrected chi connectivity index (χ2v) is 17.4. The third kappa shape index (κ3) is 5.09. The van der Waals surface area contributed by atoms with Crippen LogP contribution in [0.5, 0.6) is 0 Å². The van der Waals surface area contributed by atoms with Crippen molar-refractivity contribution in [3.05, 3.63) is 230 Å². The van der Waals surface area contributed by atoms with Crippen molar-refractivity contribution < 1.29 is 0 Å². The molecule has 0 aliphatic heterocycles. The molecule has 10 aromatic carbocycles. The van der Waals surface area contributed by atoms with Gasteiger partial charge in [0.25, 0.3) is 0 Å². The molecular formula is C62H36N6. The van der Waals surface area contributed by atoms with E-state index in [1.54, 1.807) is 6.07 Å². The molecule has 0 spiro atoms. The maximum atomic E-state index is 11.5. The summed E-state index contributed by atoms with van der Waals surface area (Å²) in [5.41, 5.74) is 14.3. The van der Waals surface area contributed by atoms with Crippen LogP contribution >= 0.6 is 0 Å². The lowest BCUT2D eigenvalue weighted by Crippen LogP contribution is -2.10. The predicted octanol–water partition coefficient (Wildman–Crippen LogP) is 15.5. The molecule has 4 heterocycles. The Hall–Kier alpha value is -9.62. The number of nitriles is 2. The van der Waals surface area contributed by atoms with E-state index in [1.165, 1.54) is 5.39 Å². The molecule has 0 bridgehead atoms. The Morgan fingerprint density at radius 2 is 0.676 bits per heavy atom. The van der Waals surface area contributed by atoms with E-state index in [1.807, 2.05) is 18.2 Å². The van der Waals surface area contributed by atoms with E-state index in [9.17, 15) is 10.5 Å². The van der Waals surface area contributed by atoms with Crippen molar-refractivity contribution in [2.75, 3.05) is 0 Å². The van der Waals surface area contributed by atoms with Crippen molar-refractivity contribution in [3.63, 3.8) is 0 Å². The van der Waals surface area contributed by atoms with E-state index in [4.69, 9.17) is 0 Å². The van der Waals surface area contributed by atoms with Gasteiger partial charge in [-0.3, -0.25) is 0 Å². The first-order chi connectivity index (χ1) is 33.7. The van der Waals surface area contributed by atoms with E-state index < -0.39 is 0 Å². The quantitative estimate of drug-likeness (QED) is 0.173. The second-order valence-electron chi connectivity index (χ2n) is 17.4. The molecule has 14 rings (SSSR count). The number of benzene rings is 10. The highest BCUT2D eigenvalue weighted by Crippen LogP contribution is 2.49. The van der Waals surface area contributed by atoms with Gasteiger partial charge in [-0.15, -0.1) is 0 Å². The van der Waals surface area contributed by atoms with Crippen LogP contribution in [-0.4, -0.2) is 18.3 Å². The van der Waals surface area contributed by atoms with Gasteiger partial charge in [0.15, 0.2) is 0 Å². The Kier molecular flexibility index (Phi) is 8.01. The van der Waals surface area contributed by atoms with E-state index >= 15 is 0 Å². The van der Waals surface area contributed by atoms with Crippen LogP contribution in [0.15, 0.2) is 218 Å². The molecule has 6 nitrogen and oxygen atoms in total. The standard InChI is InChI=1S/C62H36N6/c63-37-40-36-41(38-64)59(67-52-30-16-12-26-48(52)57-54(67)34-32-46-44-24-10-14-28-50(44)65(60(46)57)42-20-6-2-7-21-42)62(56(40)39-18-4-1-5-19-39)68-53-31-17-13-27-49(53)58-55(68)35-33-47-45-25-11-15-29-51(45)66(61(47)58)43-22-8-3-9-23-43/h1-36H. The average Bonchev–Trinajstić information content (AvgIpc) is 4.13. The molecule has 0 atom stereocenters. The summed E-state index contributed by atoms with van der Waals surface area (Å²) < 4.78 is 9.39. The number of fused-ring (bicyclic) bond motifs is 14. The van der Waals surface area contributed by atoms with Crippen LogP contribution in [0.1, 0.15) is 11.1 Å². The summed E-state index contributed by atoms with van der Waals surface area (Å²) in [6.45, 7) is 0. The number of nitrogens with zero attached hydrogens (tertiary/aromatic N) is 6. The van der Waals surface area contributed by atoms with Crippen molar-refractivity contribution in [2.24, 2.45) is 0 Å². The summed E-state index contributed by atoms with van der Waals surface area (Å²) in [6, 6.07) is 81.6. The molecule has 0 aliphatic carbocycles. The van der Waals surface area contributed by atoms with Crippen LogP contribution < -0.4 is 0 Å². The number of hydrogen-bond donors (Lipinski definition) is 0. The van der Waals surface area contributed by atoms with E-state index in [0.717, 1.165) is 110 Å². The van der Waals surface area contributed by atoms with Crippen LogP contribution in [-0.2, 0) is 0 Å². The smallest absolute Gasteiger partial charge is 0.101 e. The fourth-order valence-electron chi connectivity index (χ4n) is 11.4. The highest BCUT2D eigenvalue weighted by molar-refractivity contribution is 6.28. The van der Waals surface area contributed by atoms with Gasteiger partial charge in [-0.2, -0.15) is 10.5 Å². The molecule has 0 saturated heterocycles. The summed E-state index contributed by atoms with van der Waals surface area (Å²) in [7, 11) is 0. The van der Waals surface area contributed by atoms with Crippen LogP contribution in [0.3, 0.4) is 0 Å². The molecule has 14 aromatic rings. The van der Waals surface area contributed by atoms with Crippen LogP contribution in [0, 0.1) is 22.7 Å². The molecule has 0 amide bonds. The lowest BCUT2D eigenvalue weighted by molar-refractivity contribution is 1.09. The maximum absolute atomic E-state index is 11.5. The molecule has 0 unspecified atom stereocenters. The molecule has 0 N–H and O–H groups in total. The van der Waals surface area contributed by atoms with E-state index in [2.05, 4.69) is 225 Å². The Labute approximate surface area is 389 Å². The zero-order valence-electron chi connectivity index (χ0n) is 36.5. The summed E-state index contributed by atoms with van der Waals surface area (Å²) in [5, 5.41) is 31.7. The average molecular weight is 865 g/mol. The van der Waals surface area contributed by atoms with Gasteiger partial charge in [-0.25, -0.2) is 0 Å². The zero-order valence-corrected chi connectivity index (χ0v) is 36.5. The van der Waals surface area contributed by atoms with Gasteiger partial charge in [0.05, 0.1) is 72.7 Å². The molecule has 6 heteroatoms. The summed E-state index contributed by atoms with van der Waals surface area (Å²) >= 11 is 0. The Morgan fingerprint density at radius 3 is 1.13 bits per heavy atom. The molecule has 4 aromatic heterocycles. The molecule has 314 valence electrons. The molecular weight excluding hydrogens is 829 g/mol. The normalized spacial score (nSPS) is 11.8. The van der Waals surface area contributed by atoms with Gasteiger partial charge >= 0.3 is 0 Å². The first kappa shape index (κ1) is 37.7. The lowest BCUT2D eigenvalue weighted by Gasteiger charge is -2.23. The predicted molar refractivity (Wildman–Crippen MR) is 279 cm³/mol.